The first-order chi connectivity index (χ1) is 11.8. The third kappa shape index (κ3) is 2.36. The van der Waals surface area contributed by atoms with Gasteiger partial charge in [0.25, 0.3) is 5.91 Å². The van der Waals surface area contributed by atoms with Gasteiger partial charge in [-0.3, -0.25) is 4.79 Å². The van der Waals surface area contributed by atoms with Crippen LogP contribution in [0.5, 0.6) is 11.5 Å². The molecule has 24 heavy (non-hydrogen) atoms. The quantitative estimate of drug-likeness (QED) is 0.716. The van der Waals surface area contributed by atoms with Crippen molar-refractivity contribution in [2.75, 3.05) is 25.2 Å². The third-order valence-corrected chi connectivity index (χ3v) is 4.29. The molecule has 0 bridgehead atoms. The summed E-state index contributed by atoms with van der Waals surface area (Å²) in [4.78, 5) is 14.4. The molecule has 0 aromatic heterocycles. The molecule has 3 aromatic rings. The van der Waals surface area contributed by atoms with Gasteiger partial charge in [0.15, 0.2) is 0 Å². The number of ether oxygens (including phenoxy) is 2. The van der Waals surface area contributed by atoms with Gasteiger partial charge in [-0.2, -0.15) is 0 Å². The summed E-state index contributed by atoms with van der Waals surface area (Å²) in [6.45, 7) is 0.946. The van der Waals surface area contributed by atoms with Gasteiger partial charge in [0.2, 0.25) is 0 Å². The van der Waals surface area contributed by atoms with Crippen molar-refractivity contribution >= 4 is 22.4 Å². The fourth-order valence-electron chi connectivity index (χ4n) is 3.13. The molecular formula is C20H17NO3. The Morgan fingerprint density at radius 2 is 1.62 bits per heavy atom. The van der Waals surface area contributed by atoms with E-state index in [9.17, 15) is 4.79 Å². The Bertz CT molecular complexity index is 897. The minimum absolute atomic E-state index is 0.0418. The second-order valence-electron chi connectivity index (χ2n) is 5.66. The van der Waals surface area contributed by atoms with E-state index in [1.807, 2.05) is 60.7 Å². The lowest BCUT2D eigenvalue weighted by atomic mass is 10.1. The summed E-state index contributed by atoms with van der Waals surface area (Å²) in [7, 11) is 1.63. The van der Waals surface area contributed by atoms with Crippen LogP contribution in [0.1, 0.15) is 10.4 Å². The lowest BCUT2D eigenvalue weighted by Gasteiger charge is -2.18. The monoisotopic (exact) mass is 319 g/mol. The fraction of sp³-hybridized carbons (Fsp3) is 0.150. The predicted molar refractivity (Wildman–Crippen MR) is 94.1 cm³/mol. The zero-order valence-electron chi connectivity index (χ0n) is 13.4. The van der Waals surface area contributed by atoms with Gasteiger partial charge in [-0.15, -0.1) is 0 Å². The molecule has 1 heterocycles. The maximum absolute atomic E-state index is 12.7. The average Bonchev–Trinajstić information content (AvgIpc) is 2.90. The zero-order valence-corrected chi connectivity index (χ0v) is 13.4. The van der Waals surface area contributed by atoms with Crippen LogP contribution in [0.3, 0.4) is 0 Å². The van der Waals surface area contributed by atoms with Crippen molar-refractivity contribution in [2.24, 2.45) is 0 Å². The number of nitrogens with zero attached hydrogens (tertiary/aromatic N) is 1. The highest BCUT2D eigenvalue weighted by Crippen LogP contribution is 2.36. The van der Waals surface area contributed by atoms with Crippen LogP contribution in [0.4, 0.5) is 5.69 Å². The fourth-order valence-corrected chi connectivity index (χ4v) is 3.13. The molecule has 1 aliphatic heterocycles. The molecule has 0 N–H and O–H groups in total. The van der Waals surface area contributed by atoms with Crippen LogP contribution < -0.4 is 14.4 Å². The lowest BCUT2D eigenvalue weighted by molar-refractivity contribution is 0.0989. The van der Waals surface area contributed by atoms with Crippen LogP contribution in [0.15, 0.2) is 60.7 Å². The second-order valence-corrected chi connectivity index (χ2v) is 5.66. The second kappa shape index (κ2) is 5.89. The molecule has 0 aliphatic carbocycles. The lowest BCUT2D eigenvalue weighted by Crippen LogP contribution is -2.31. The first-order valence-electron chi connectivity index (χ1n) is 7.88. The first kappa shape index (κ1) is 14.6. The zero-order chi connectivity index (χ0) is 16.5. The van der Waals surface area contributed by atoms with E-state index in [1.54, 1.807) is 12.0 Å². The molecule has 1 aliphatic rings. The normalized spacial score (nSPS) is 12.7. The van der Waals surface area contributed by atoms with E-state index in [0.717, 1.165) is 33.5 Å². The van der Waals surface area contributed by atoms with Crippen molar-refractivity contribution in [3.05, 3.63) is 66.2 Å². The topological polar surface area (TPSA) is 38.8 Å². The molecule has 0 spiro atoms. The number of hydrogen-bond donors (Lipinski definition) is 0. The van der Waals surface area contributed by atoms with Crippen molar-refractivity contribution in [3.63, 3.8) is 0 Å². The van der Waals surface area contributed by atoms with E-state index in [2.05, 4.69) is 0 Å². The van der Waals surface area contributed by atoms with Gasteiger partial charge < -0.3 is 14.4 Å². The summed E-state index contributed by atoms with van der Waals surface area (Å²) in [6.07, 6.45) is 0. The average molecular weight is 319 g/mol. The number of amides is 1. The Morgan fingerprint density at radius 3 is 2.38 bits per heavy atom. The maximum Gasteiger partial charge on any atom is 0.259 e. The summed E-state index contributed by atoms with van der Waals surface area (Å²) in [5.74, 6) is 1.59. The number of anilines is 1. The molecule has 0 radical (unpaired) electrons. The minimum atomic E-state index is 0.0418. The highest BCUT2D eigenvalue weighted by molar-refractivity contribution is 6.24. The molecule has 4 rings (SSSR count). The molecular weight excluding hydrogens is 302 g/mol. The van der Waals surface area contributed by atoms with E-state index < -0.39 is 0 Å². The summed E-state index contributed by atoms with van der Waals surface area (Å²) < 4.78 is 10.9. The summed E-state index contributed by atoms with van der Waals surface area (Å²) >= 11 is 0. The Hall–Kier alpha value is -3.01. The Labute approximate surface area is 140 Å². The van der Waals surface area contributed by atoms with Crippen LogP contribution in [-0.2, 0) is 0 Å². The molecule has 0 saturated heterocycles. The maximum atomic E-state index is 12.7. The third-order valence-electron chi connectivity index (χ3n) is 4.29. The van der Waals surface area contributed by atoms with Crippen molar-refractivity contribution in [3.8, 4) is 11.5 Å². The van der Waals surface area contributed by atoms with Gasteiger partial charge in [-0.05, 0) is 41.8 Å². The van der Waals surface area contributed by atoms with E-state index in [1.165, 1.54) is 0 Å². The molecule has 0 saturated carbocycles. The van der Waals surface area contributed by atoms with Gasteiger partial charge in [-0.1, -0.05) is 24.3 Å². The van der Waals surface area contributed by atoms with E-state index in [4.69, 9.17) is 9.47 Å². The Morgan fingerprint density at radius 1 is 0.917 bits per heavy atom. The number of carbonyl (C=O) groups is 1. The van der Waals surface area contributed by atoms with Gasteiger partial charge in [0.1, 0.15) is 18.1 Å². The van der Waals surface area contributed by atoms with Gasteiger partial charge >= 0.3 is 0 Å². The van der Waals surface area contributed by atoms with Crippen LogP contribution in [0.2, 0.25) is 0 Å². The van der Waals surface area contributed by atoms with Crippen LogP contribution >= 0.6 is 0 Å². The van der Waals surface area contributed by atoms with E-state index >= 15 is 0 Å². The van der Waals surface area contributed by atoms with E-state index in [-0.39, 0.29) is 5.91 Å². The number of methoxy groups -OCH3 is 1. The summed E-state index contributed by atoms with van der Waals surface area (Å²) in [5, 5.41) is 2.13. The highest BCUT2D eigenvalue weighted by atomic mass is 16.5. The van der Waals surface area contributed by atoms with Gasteiger partial charge in [0.05, 0.1) is 19.3 Å². The van der Waals surface area contributed by atoms with Crippen molar-refractivity contribution < 1.29 is 14.3 Å². The van der Waals surface area contributed by atoms with Gasteiger partial charge in [0, 0.05) is 10.9 Å². The van der Waals surface area contributed by atoms with Crippen LogP contribution in [0, 0.1) is 0 Å². The summed E-state index contributed by atoms with van der Waals surface area (Å²) in [5.41, 5.74) is 1.74. The number of carbonyl (C=O) groups excluding carboxylic acids is 1. The molecule has 4 heteroatoms. The number of benzene rings is 3. The minimum Gasteiger partial charge on any atom is -0.497 e. The highest BCUT2D eigenvalue weighted by Gasteiger charge is 2.29. The molecule has 0 unspecified atom stereocenters. The SMILES string of the molecule is COc1ccc(OCCN2C(=O)c3cccc4cccc2c34)cc1. The Balaban J connectivity index is 1.50. The van der Waals surface area contributed by atoms with Crippen LogP contribution in [-0.4, -0.2) is 26.2 Å². The number of hydrogen-bond acceptors (Lipinski definition) is 3. The van der Waals surface area contributed by atoms with Gasteiger partial charge in [-0.25, -0.2) is 0 Å². The molecule has 4 nitrogen and oxygen atoms in total. The molecule has 3 aromatic carbocycles. The molecule has 0 atom stereocenters. The Kier molecular flexibility index (Phi) is 3.58. The van der Waals surface area contributed by atoms with Crippen molar-refractivity contribution in [2.45, 2.75) is 0 Å². The van der Waals surface area contributed by atoms with Crippen LogP contribution in [0.25, 0.3) is 10.8 Å². The largest absolute Gasteiger partial charge is 0.497 e. The molecule has 1 amide bonds. The molecule has 0 fully saturated rings. The predicted octanol–water partition coefficient (Wildman–Crippen LogP) is 3.89. The van der Waals surface area contributed by atoms with E-state index in [0.29, 0.717) is 13.2 Å². The standard InChI is InChI=1S/C20H17NO3/c1-23-15-8-10-16(11-9-15)24-13-12-21-18-7-3-5-14-4-2-6-17(19(14)18)20(21)22/h2-11H,12-13H2,1H3. The van der Waals surface area contributed by atoms with Crippen molar-refractivity contribution in [1.82, 2.24) is 0 Å². The number of rotatable bonds is 5. The summed E-state index contributed by atoms with van der Waals surface area (Å²) in [6, 6.07) is 19.3. The smallest absolute Gasteiger partial charge is 0.259 e. The molecule has 120 valence electrons. The first-order valence-corrected chi connectivity index (χ1v) is 7.88. The van der Waals surface area contributed by atoms with Crippen molar-refractivity contribution in [1.29, 1.82) is 0 Å².